The summed E-state index contributed by atoms with van der Waals surface area (Å²) >= 11 is 1.54. The summed E-state index contributed by atoms with van der Waals surface area (Å²) in [6, 6.07) is 7.95. The molecule has 0 N–H and O–H groups in total. The minimum absolute atomic E-state index is 0.139. The molecule has 0 unspecified atom stereocenters. The number of nitrogens with zero attached hydrogens (tertiary/aromatic N) is 3. The van der Waals surface area contributed by atoms with Crippen LogP contribution in [-0.4, -0.2) is 27.1 Å². The lowest BCUT2D eigenvalue weighted by atomic mass is 9.91. The highest BCUT2D eigenvalue weighted by atomic mass is 32.1. The quantitative estimate of drug-likeness (QED) is 0.515. The fourth-order valence-electron chi connectivity index (χ4n) is 2.52. The van der Waals surface area contributed by atoms with Gasteiger partial charge in [-0.25, -0.2) is 14.8 Å². The Bertz CT molecular complexity index is 932. The number of thiazole rings is 1. The summed E-state index contributed by atoms with van der Waals surface area (Å²) in [5, 5.41) is 0.835. The maximum atomic E-state index is 11.6. The zero-order valence-electron chi connectivity index (χ0n) is 14.8. The Balaban J connectivity index is 2.06. The lowest BCUT2D eigenvalue weighted by molar-refractivity contribution is -0.137. The summed E-state index contributed by atoms with van der Waals surface area (Å²) < 4.78 is 6.95. The van der Waals surface area contributed by atoms with Crippen LogP contribution in [0.4, 0.5) is 0 Å². The molecule has 0 saturated carbocycles. The van der Waals surface area contributed by atoms with Crippen molar-refractivity contribution in [3.05, 3.63) is 47.2 Å². The van der Waals surface area contributed by atoms with Crippen molar-refractivity contribution in [1.29, 1.82) is 0 Å². The van der Waals surface area contributed by atoms with Crippen molar-refractivity contribution >= 4 is 34.4 Å². The van der Waals surface area contributed by atoms with Gasteiger partial charge in [0.1, 0.15) is 6.33 Å². The maximum Gasteiger partial charge on any atom is 0.330 e. The molecule has 0 amide bonds. The molecule has 25 heavy (non-hydrogen) atoms. The Hall–Kier alpha value is -2.47. The van der Waals surface area contributed by atoms with Gasteiger partial charge < -0.3 is 4.74 Å². The molecule has 1 aromatic carbocycles. The van der Waals surface area contributed by atoms with Gasteiger partial charge >= 0.3 is 5.97 Å². The zero-order chi connectivity index (χ0) is 18.0. The third-order valence-corrected chi connectivity index (χ3v) is 4.69. The lowest BCUT2D eigenvalue weighted by Gasteiger charge is -2.16. The van der Waals surface area contributed by atoms with Gasteiger partial charge in [0.15, 0.2) is 5.13 Å². The molecule has 0 fully saturated rings. The van der Waals surface area contributed by atoms with E-state index in [-0.39, 0.29) is 11.4 Å². The van der Waals surface area contributed by atoms with Crippen LogP contribution >= 0.6 is 11.3 Å². The number of fused-ring (bicyclic) bond motifs is 1. The van der Waals surface area contributed by atoms with Gasteiger partial charge in [0, 0.05) is 11.5 Å². The first kappa shape index (κ1) is 17.4. The molecule has 0 spiro atoms. The largest absolute Gasteiger partial charge is 0.463 e. The number of carbonyl (C=O) groups is 1. The fraction of sp³-hybridized carbons (Fsp3) is 0.316. The van der Waals surface area contributed by atoms with Crippen molar-refractivity contribution in [3.8, 4) is 5.13 Å². The average Bonchev–Trinajstić information content (AvgIpc) is 3.16. The first-order valence-corrected chi connectivity index (χ1v) is 9.00. The number of esters is 1. The number of rotatable bonds is 4. The molecular weight excluding hydrogens is 334 g/mol. The average molecular weight is 355 g/mol. The normalized spacial score (nSPS) is 12.2. The minimum Gasteiger partial charge on any atom is -0.463 e. The van der Waals surface area contributed by atoms with Crippen LogP contribution in [-0.2, 0) is 14.9 Å². The van der Waals surface area contributed by atoms with Crippen molar-refractivity contribution in [1.82, 2.24) is 14.5 Å². The maximum absolute atomic E-state index is 11.6. The first-order chi connectivity index (χ1) is 11.9. The molecule has 5 nitrogen and oxygen atoms in total. The molecule has 2 heterocycles. The highest BCUT2D eigenvalue weighted by Gasteiger charge is 2.23. The monoisotopic (exact) mass is 355 g/mol. The Morgan fingerprint density at radius 3 is 2.80 bits per heavy atom. The van der Waals surface area contributed by atoms with E-state index >= 15 is 0 Å². The fourth-order valence-corrected chi connectivity index (χ4v) is 3.68. The second-order valence-corrected chi connectivity index (χ2v) is 7.66. The predicted octanol–water partition coefficient (Wildman–Crippen LogP) is 4.36. The van der Waals surface area contributed by atoms with E-state index in [0.29, 0.717) is 6.61 Å². The molecule has 3 rings (SSSR count). The number of benzene rings is 1. The molecule has 3 aromatic rings. The Morgan fingerprint density at radius 2 is 2.08 bits per heavy atom. The molecule has 0 radical (unpaired) electrons. The lowest BCUT2D eigenvalue weighted by Crippen LogP contribution is -2.13. The molecule has 0 atom stereocenters. The summed E-state index contributed by atoms with van der Waals surface area (Å²) in [7, 11) is 0. The Kier molecular flexibility index (Phi) is 4.72. The van der Waals surface area contributed by atoms with Gasteiger partial charge in [-0.3, -0.25) is 4.57 Å². The van der Waals surface area contributed by atoms with E-state index in [1.54, 1.807) is 19.3 Å². The van der Waals surface area contributed by atoms with Crippen LogP contribution in [0.2, 0.25) is 0 Å². The summed E-state index contributed by atoms with van der Waals surface area (Å²) in [5.41, 5.74) is 2.75. The van der Waals surface area contributed by atoms with E-state index in [0.717, 1.165) is 26.7 Å². The van der Waals surface area contributed by atoms with Crippen LogP contribution in [0, 0.1) is 0 Å². The van der Waals surface area contributed by atoms with E-state index in [2.05, 4.69) is 25.8 Å². The standard InChI is InChI=1S/C19H21N3O2S/c1-5-24-16(23)11-10-15-17(19(2,3)4)21-18(25-15)22-12-20-13-8-6-7-9-14(13)22/h6-12H,5H2,1-4H3. The van der Waals surface area contributed by atoms with Crippen molar-refractivity contribution in [2.75, 3.05) is 6.61 Å². The minimum atomic E-state index is -0.342. The summed E-state index contributed by atoms with van der Waals surface area (Å²) in [5.74, 6) is -0.342. The highest BCUT2D eigenvalue weighted by molar-refractivity contribution is 7.15. The van der Waals surface area contributed by atoms with Crippen LogP contribution < -0.4 is 0 Å². The number of aromatic nitrogens is 3. The number of para-hydroxylation sites is 2. The van der Waals surface area contributed by atoms with Gasteiger partial charge in [-0.2, -0.15) is 0 Å². The van der Waals surface area contributed by atoms with E-state index in [9.17, 15) is 4.79 Å². The van der Waals surface area contributed by atoms with Crippen molar-refractivity contribution in [2.45, 2.75) is 33.1 Å². The number of hydrogen-bond acceptors (Lipinski definition) is 5. The second kappa shape index (κ2) is 6.80. The van der Waals surface area contributed by atoms with Gasteiger partial charge in [0.2, 0.25) is 0 Å². The van der Waals surface area contributed by atoms with Crippen LogP contribution in [0.3, 0.4) is 0 Å². The molecular formula is C19H21N3O2S. The van der Waals surface area contributed by atoms with Gasteiger partial charge in [0.25, 0.3) is 0 Å². The van der Waals surface area contributed by atoms with E-state index in [1.807, 2.05) is 28.8 Å². The van der Waals surface area contributed by atoms with E-state index in [1.165, 1.54) is 17.4 Å². The molecule has 130 valence electrons. The Labute approximate surface area is 151 Å². The number of carbonyl (C=O) groups excluding carboxylic acids is 1. The SMILES string of the molecule is CCOC(=O)C=Cc1sc(-n2cnc3ccccc32)nc1C(C)(C)C. The van der Waals surface area contributed by atoms with Crippen molar-refractivity contribution in [3.63, 3.8) is 0 Å². The topological polar surface area (TPSA) is 57.0 Å². The predicted molar refractivity (Wildman–Crippen MR) is 101 cm³/mol. The van der Waals surface area contributed by atoms with Crippen LogP contribution in [0.5, 0.6) is 0 Å². The third-order valence-electron chi connectivity index (χ3n) is 3.67. The van der Waals surface area contributed by atoms with Gasteiger partial charge in [-0.15, -0.1) is 0 Å². The van der Waals surface area contributed by atoms with E-state index in [4.69, 9.17) is 9.72 Å². The van der Waals surface area contributed by atoms with Crippen LogP contribution in [0.15, 0.2) is 36.7 Å². The van der Waals surface area contributed by atoms with Crippen LogP contribution in [0.1, 0.15) is 38.3 Å². The third kappa shape index (κ3) is 3.64. The van der Waals surface area contributed by atoms with Crippen molar-refractivity contribution in [2.24, 2.45) is 0 Å². The number of hydrogen-bond donors (Lipinski definition) is 0. The smallest absolute Gasteiger partial charge is 0.330 e. The molecule has 0 saturated heterocycles. The molecule has 6 heteroatoms. The Morgan fingerprint density at radius 1 is 1.32 bits per heavy atom. The first-order valence-electron chi connectivity index (χ1n) is 8.18. The summed E-state index contributed by atoms with van der Waals surface area (Å²) in [4.78, 5) is 21.9. The summed E-state index contributed by atoms with van der Waals surface area (Å²) in [6.07, 6.45) is 5.04. The van der Waals surface area contributed by atoms with Gasteiger partial charge in [0.05, 0.1) is 28.2 Å². The second-order valence-electron chi connectivity index (χ2n) is 6.65. The number of ether oxygens (including phenoxy) is 1. The zero-order valence-corrected chi connectivity index (χ0v) is 15.6. The molecule has 0 bridgehead atoms. The van der Waals surface area contributed by atoms with Gasteiger partial charge in [-0.05, 0) is 25.1 Å². The molecule has 0 aliphatic carbocycles. The highest BCUT2D eigenvalue weighted by Crippen LogP contribution is 2.33. The number of imidazole rings is 1. The molecule has 0 aliphatic rings. The molecule has 2 aromatic heterocycles. The van der Waals surface area contributed by atoms with Crippen LogP contribution in [0.25, 0.3) is 22.2 Å². The summed E-state index contributed by atoms with van der Waals surface area (Å²) in [6.45, 7) is 8.49. The van der Waals surface area contributed by atoms with E-state index < -0.39 is 0 Å². The van der Waals surface area contributed by atoms with Crippen molar-refractivity contribution < 1.29 is 9.53 Å². The van der Waals surface area contributed by atoms with Gasteiger partial charge in [-0.1, -0.05) is 44.2 Å². The molecule has 0 aliphatic heterocycles.